The van der Waals surface area contributed by atoms with Crippen molar-refractivity contribution < 1.29 is 9.59 Å². The first-order valence-corrected chi connectivity index (χ1v) is 4.64. The highest BCUT2D eigenvalue weighted by Gasteiger charge is 2.16. The Hall–Kier alpha value is -0.810. The minimum Gasteiger partial charge on any atom is -0.352 e. The average Bonchev–Trinajstić information content (AvgIpc) is 2.00. The molecule has 0 aliphatic rings. The fourth-order valence-electron chi connectivity index (χ4n) is 1.01. The average molecular weight is 238 g/mol. The molecule has 0 aliphatic carbocycles. The van der Waals surface area contributed by atoms with E-state index in [2.05, 4.69) is 5.32 Å². The topological polar surface area (TPSA) is 75.4 Å². The van der Waals surface area contributed by atoms with E-state index in [0.717, 1.165) is 0 Å². The number of carbonyl (C=O) groups excluding carboxylic acids is 2. The number of hydrogen-bond donors (Lipinski definition) is 2. The number of hydrogen-bond acceptors (Lipinski definition) is 3. The molecule has 0 rings (SSSR count). The van der Waals surface area contributed by atoms with Crippen LogP contribution in [-0.4, -0.2) is 42.4 Å². The zero-order valence-corrected chi connectivity index (χ0v) is 10.4. The van der Waals surface area contributed by atoms with Crippen molar-refractivity contribution in [3.05, 3.63) is 0 Å². The number of likely N-dealkylation sites (N-methyl/N-ethyl adjacent to an activating group) is 1. The van der Waals surface area contributed by atoms with Crippen LogP contribution < -0.4 is 11.1 Å². The van der Waals surface area contributed by atoms with Gasteiger partial charge in [0.15, 0.2) is 0 Å². The number of halogens is 1. The predicted octanol–water partition coefficient (Wildman–Crippen LogP) is -0.262. The van der Waals surface area contributed by atoms with Gasteiger partial charge in [0.1, 0.15) is 0 Å². The second kappa shape index (κ2) is 7.48. The first kappa shape index (κ1) is 16.6. The summed E-state index contributed by atoms with van der Waals surface area (Å²) in [5, 5.41) is 2.69. The monoisotopic (exact) mass is 237 g/mol. The lowest BCUT2D eigenvalue weighted by atomic mass is 10.3. The molecule has 15 heavy (non-hydrogen) atoms. The van der Waals surface area contributed by atoms with E-state index in [1.807, 2.05) is 13.8 Å². The molecular weight excluding hydrogens is 218 g/mol. The van der Waals surface area contributed by atoms with Crippen LogP contribution in [0.2, 0.25) is 0 Å². The number of amides is 2. The molecule has 0 heterocycles. The van der Waals surface area contributed by atoms with Crippen molar-refractivity contribution in [2.75, 3.05) is 13.6 Å². The fourth-order valence-corrected chi connectivity index (χ4v) is 1.01. The van der Waals surface area contributed by atoms with Crippen molar-refractivity contribution in [1.29, 1.82) is 0 Å². The van der Waals surface area contributed by atoms with Gasteiger partial charge in [0, 0.05) is 13.1 Å². The van der Waals surface area contributed by atoms with Gasteiger partial charge < -0.3 is 16.0 Å². The molecule has 5 nitrogen and oxygen atoms in total. The lowest BCUT2D eigenvalue weighted by Gasteiger charge is -2.19. The van der Waals surface area contributed by atoms with Gasteiger partial charge in [-0.2, -0.15) is 0 Å². The van der Waals surface area contributed by atoms with Crippen LogP contribution in [0.4, 0.5) is 0 Å². The molecule has 0 saturated heterocycles. The lowest BCUT2D eigenvalue weighted by Crippen LogP contribution is -2.45. The fraction of sp³-hybridized carbons (Fsp3) is 0.778. The van der Waals surface area contributed by atoms with Gasteiger partial charge in [0.25, 0.3) is 0 Å². The Balaban J connectivity index is 0. The Morgan fingerprint density at radius 3 is 2.13 bits per heavy atom. The highest BCUT2D eigenvalue weighted by molar-refractivity contribution is 5.87. The standard InChI is InChI=1S/C9H19N3O2.ClH/c1-6(2)11-8(13)5-12(4)9(14)7(3)10;/h6-7H,5,10H2,1-4H3,(H,11,13);1H. The van der Waals surface area contributed by atoms with Gasteiger partial charge in [-0.1, -0.05) is 0 Å². The van der Waals surface area contributed by atoms with Crippen molar-refractivity contribution in [2.45, 2.75) is 32.9 Å². The smallest absolute Gasteiger partial charge is 0.239 e. The normalized spacial score (nSPS) is 11.6. The number of nitrogens with one attached hydrogen (secondary N) is 1. The van der Waals surface area contributed by atoms with Gasteiger partial charge in [0.2, 0.25) is 11.8 Å². The van der Waals surface area contributed by atoms with Crippen LogP contribution in [0.3, 0.4) is 0 Å². The molecule has 90 valence electrons. The second-order valence-corrected chi connectivity index (χ2v) is 3.71. The van der Waals surface area contributed by atoms with Gasteiger partial charge in [-0.15, -0.1) is 12.4 Å². The summed E-state index contributed by atoms with van der Waals surface area (Å²) in [5.41, 5.74) is 5.39. The number of rotatable bonds is 4. The summed E-state index contributed by atoms with van der Waals surface area (Å²) < 4.78 is 0. The van der Waals surface area contributed by atoms with Crippen LogP contribution in [-0.2, 0) is 9.59 Å². The molecule has 0 saturated carbocycles. The molecule has 0 aliphatic heterocycles. The van der Waals surface area contributed by atoms with Crippen LogP contribution in [0, 0.1) is 0 Å². The van der Waals surface area contributed by atoms with Gasteiger partial charge in [-0.25, -0.2) is 0 Å². The van der Waals surface area contributed by atoms with Crippen LogP contribution in [0.25, 0.3) is 0 Å². The first-order valence-electron chi connectivity index (χ1n) is 4.64. The van der Waals surface area contributed by atoms with E-state index < -0.39 is 6.04 Å². The molecule has 2 amide bonds. The van der Waals surface area contributed by atoms with Crippen molar-refractivity contribution in [3.8, 4) is 0 Å². The van der Waals surface area contributed by atoms with Gasteiger partial charge in [-0.05, 0) is 20.8 Å². The maximum atomic E-state index is 11.3. The Labute approximate surface area is 96.8 Å². The first-order chi connectivity index (χ1) is 6.34. The third kappa shape index (κ3) is 7.16. The largest absolute Gasteiger partial charge is 0.352 e. The zero-order chi connectivity index (χ0) is 11.3. The number of carbonyl (C=O) groups is 2. The summed E-state index contributed by atoms with van der Waals surface area (Å²) in [5.74, 6) is -0.402. The molecule has 6 heteroatoms. The molecule has 0 spiro atoms. The molecule has 0 fully saturated rings. The highest BCUT2D eigenvalue weighted by Crippen LogP contribution is 1.89. The number of nitrogens with two attached hydrogens (primary N) is 1. The third-order valence-corrected chi connectivity index (χ3v) is 1.60. The molecule has 0 radical (unpaired) electrons. The van der Waals surface area contributed by atoms with Crippen LogP contribution in [0.5, 0.6) is 0 Å². The molecule has 1 unspecified atom stereocenters. The van der Waals surface area contributed by atoms with Crippen molar-refractivity contribution in [1.82, 2.24) is 10.2 Å². The van der Waals surface area contributed by atoms with Crippen molar-refractivity contribution in [3.63, 3.8) is 0 Å². The molecule has 0 aromatic rings. The molecule has 1 atom stereocenters. The summed E-state index contributed by atoms with van der Waals surface area (Å²) in [6.07, 6.45) is 0. The van der Waals surface area contributed by atoms with Crippen molar-refractivity contribution in [2.24, 2.45) is 5.73 Å². The van der Waals surface area contributed by atoms with Crippen molar-refractivity contribution >= 4 is 24.2 Å². The van der Waals surface area contributed by atoms with E-state index in [9.17, 15) is 9.59 Å². The maximum absolute atomic E-state index is 11.3. The van der Waals surface area contributed by atoms with Gasteiger partial charge in [0.05, 0.1) is 12.6 Å². The third-order valence-electron chi connectivity index (χ3n) is 1.60. The zero-order valence-electron chi connectivity index (χ0n) is 9.61. The highest BCUT2D eigenvalue weighted by atomic mass is 35.5. The SMILES string of the molecule is CC(C)NC(=O)CN(C)C(=O)C(C)N.Cl. The van der Waals surface area contributed by atoms with E-state index in [4.69, 9.17) is 5.73 Å². The summed E-state index contributed by atoms with van der Waals surface area (Å²) >= 11 is 0. The van der Waals surface area contributed by atoms with E-state index in [-0.39, 0.29) is 36.8 Å². The summed E-state index contributed by atoms with van der Waals surface area (Å²) in [6.45, 7) is 5.38. The second-order valence-electron chi connectivity index (χ2n) is 3.71. The molecule has 3 N–H and O–H groups in total. The van der Waals surface area contributed by atoms with Crippen LogP contribution >= 0.6 is 12.4 Å². The molecule has 0 aromatic carbocycles. The Bertz CT molecular complexity index is 219. The molecule has 0 bridgehead atoms. The molecule has 0 aromatic heterocycles. The van der Waals surface area contributed by atoms with Gasteiger partial charge in [-0.3, -0.25) is 9.59 Å². The maximum Gasteiger partial charge on any atom is 0.239 e. The summed E-state index contributed by atoms with van der Waals surface area (Å²) in [6, 6.07) is -0.479. The van der Waals surface area contributed by atoms with Crippen LogP contribution in [0.15, 0.2) is 0 Å². The predicted molar refractivity (Wildman–Crippen MR) is 61.8 cm³/mol. The quantitative estimate of drug-likeness (QED) is 0.707. The van der Waals surface area contributed by atoms with Crippen LogP contribution in [0.1, 0.15) is 20.8 Å². The summed E-state index contributed by atoms with van der Waals surface area (Å²) in [4.78, 5) is 23.9. The van der Waals surface area contributed by atoms with Gasteiger partial charge >= 0.3 is 0 Å². The lowest BCUT2D eigenvalue weighted by molar-refractivity contribution is -0.135. The number of nitrogens with zero attached hydrogens (tertiary/aromatic N) is 1. The molecular formula is C9H20ClN3O2. The summed E-state index contributed by atoms with van der Waals surface area (Å²) in [7, 11) is 1.56. The Kier molecular flexibility index (Phi) is 8.28. The Morgan fingerprint density at radius 1 is 1.33 bits per heavy atom. The van der Waals surface area contributed by atoms with E-state index in [1.54, 1.807) is 14.0 Å². The Morgan fingerprint density at radius 2 is 1.80 bits per heavy atom. The minimum absolute atomic E-state index is 0. The minimum atomic E-state index is -0.563. The van der Waals surface area contributed by atoms with E-state index in [1.165, 1.54) is 4.90 Å². The van der Waals surface area contributed by atoms with E-state index >= 15 is 0 Å². The van der Waals surface area contributed by atoms with E-state index in [0.29, 0.717) is 0 Å².